The lowest BCUT2D eigenvalue weighted by Crippen LogP contribution is -2.22. The van der Waals surface area contributed by atoms with Gasteiger partial charge in [0.1, 0.15) is 32.1 Å². The van der Waals surface area contributed by atoms with Gasteiger partial charge in [0.2, 0.25) is 0 Å². The largest absolute Gasteiger partial charge is 0.451 e. The van der Waals surface area contributed by atoms with E-state index in [1.165, 1.54) is 12.2 Å². The van der Waals surface area contributed by atoms with Crippen LogP contribution in [0.5, 0.6) is 23.0 Å². The van der Waals surface area contributed by atoms with Gasteiger partial charge in [-0.15, -0.1) is 0 Å². The first-order valence-electron chi connectivity index (χ1n) is 12.8. The summed E-state index contributed by atoms with van der Waals surface area (Å²) in [6.45, 7) is 0. The quantitative estimate of drug-likeness (QED) is 0.216. The fourth-order valence-electron chi connectivity index (χ4n) is 4.55. The van der Waals surface area contributed by atoms with Gasteiger partial charge in [0.05, 0.1) is 0 Å². The molecule has 8 nitrogen and oxygen atoms in total. The Balaban J connectivity index is 1.20. The zero-order valence-corrected chi connectivity index (χ0v) is 23.0. The van der Waals surface area contributed by atoms with Crippen molar-refractivity contribution >= 4 is 57.5 Å². The number of carbonyl (C=O) groups excluding carboxylic acids is 2. The molecule has 0 saturated heterocycles. The monoisotopic (exact) mass is 592 g/mol. The van der Waals surface area contributed by atoms with E-state index in [1.54, 1.807) is 73.1 Å². The number of nitrogens with zero attached hydrogens (tertiary/aromatic N) is 2. The van der Waals surface area contributed by atoms with E-state index in [4.69, 9.17) is 42.7 Å². The molecule has 0 atom stereocenters. The number of halogens is 2. The van der Waals surface area contributed by atoms with Gasteiger partial charge in [-0.3, -0.25) is 9.59 Å². The third-order valence-electron chi connectivity index (χ3n) is 6.68. The van der Waals surface area contributed by atoms with Crippen molar-refractivity contribution in [2.75, 3.05) is 10.6 Å². The second kappa shape index (κ2) is 10.3. The summed E-state index contributed by atoms with van der Waals surface area (Å²) < 4.78 is 12.4. The van der Waals surface area contributed by atoms with Crippen LogP contribution in [0, 0.1) is 0 Å². The SMILES string of the molecule is O=C1C=CC=C/C1=C\Nc1ccc2c(c1)Oc1c(Cl)c3c(c(Cl)c1=N2)Oc1cc(N/C=C2\C=CC=CC2=O)ccc1N=3. The van der Waals surface area contributed by atoms with E-state index in [0.717, 1.165) is 0 Å². The molecule has 0 radical (unpaired) electrons. The maximum atomic E-state index is 12.0. The molecule has 2 aliphatic heterocycles. The molecule has 204 valence electrons. The highest BCUT2D eigenvalue weighted by Gasteiger charge is 2.27. The highest BCUT2D eigenvalue weighted by atomic mass is 35.5. The molecule has 0 unspecified atom stereocenters. The lowest BCUT2D eigenvalue weighted by atomic mass is 10.1. The second-order valence-electron chi connectivity index (χ2n) is 9.43. The molecule has 10 heteroatoms. The number of anilines is 2. The van der Waals surface area contributed by atoms with E-state index >= 15 is 0 Å². The van der Waals surface area contributed by atoms with Gasteiger partial charge in [-0.05, 0) is 48.6 Å². The summed E-state index contributed by atoms with van der Waals surface area (Å²) in [6.07, 6.45) is 16.7. The molecule has 42 heavy (non-hydrogen) atoms. The number of fused-ring (bicyclic) bond motifs is 4. The summed E-state index contributed by atoms with van der Waals surface area (Å²) in [7, 11) is 0. The Bertz CT molecular complexity index is 1910. The summed E-state index contributed by atoms with van der Waals surface area (Å²) in [6, 6.07) is 10.7. The first-order valence-corrected chi connectivity index (χ1v) is 13.5. The second-order valence-corrected chi connectivity index (χ2v) is 10.2. The lowest BCUT2D eigenvalue weighted by molar-refractivity contribution is -0.111. The zero-order chi connectivity index (χ0) is 28.8. The Morgan fingerprint density at radius 3 is 1.48 bits per heavy atom. The smallest absolute Gasteiger partial charge is 0.187 e. The van der Waals surface area contributed by atoms with Crippen molar-refractivity contribution in [3.63, 3.8) is 0 Å². The standard InChI is InChI=1S/C32H18Cl2N4O4/c33-27-30-32(42-26-14-20(10-12-22(26)38-30)36-16-18-6-2-4-8-24(18)40)28(34)29-31(27)41-25-13-19(9-11-21(25)37-29)35-15-17-5-1-3-7-23(17)39/h1-16,35-36H/b17-15+,18-16+. The average molecular weight is 593 g/mol. The maximum Gasteiger partial charge on any atom is 0.187 e. The number of carbonyl (C=O) groups is 2. The summed E-state index contributed by atoms with van der Waals surface area (Å²) in [5.41, 5.74) is 3.54. The van der Waals surface area contributed by atoms with Crippen LogP contribution in [0.2, 0.25) is 10.0 Å². The Morgan fingerprint density at radius 2 is 1.05 bits per heavy atom. The van der Waals surface area contributed by atoms with Crippen LogP contribution < -0.4 is 30.8 Å². The van der Waals surface area contributed by atoms with E-state index in [9.17, 15) is 9.59 Å². The van der Waals surface area contributed by atoms with Gasteiger partial charge >= 0.3 is 0 Å². The Labute approximate surface area is 249 Å². The normalized spacial score (nSPS) is 17.4. The number of benzene rings is 3. The average Bonchev–Trinajstić information content (AvgIpc) is 3.01. The van der Waals surface area contributed by atoms with Crippen LogP contribution in [0.3, 0.4) is 0 Å². The molecule has 2 aliphatic carbocycles. The summed E-state index contributed by atoms with van der Waals surface area (Å²) in [5.74, 6) is 1.27. The fraction of sp³-hybridized carbons (Fsp3) is 0. The van der Waals surface area contributed by atoms with E-state index in [2.05, 4.69) is 10.6 Å². The summed E-state index contributed by atoms with van der Waals surface area (Å²) in [4.78, 5) is 33.4. The molecule has 0 bridgehead atoms. The van der Waals surface area contributed by atoms with Crippen molar-refractivity contribution in [3.05, 3.63) is 129 Å². The predicted molar refractivity (Wildman–Crippen MR) is 161 cm³/mol. The molecule has 0 amide bonds. The van der Waals surface area contributed by atoms with Gasteiger partial charge in [-0.25, -0.2) is 9.98 Å². The van der Waals surface area contributed by atoms with Crippen molar-refractivity contribution in [2.24, 2.45) is 9.98 Å². The number of hydrogen-bond acceptors (Lipinski definition) is 8. The van der Waals surface area contributed by atoms with Crippen molar-refractivity contribution in [1.82, 2.24) is 0 Å². The number of nitrogens with one attached hydrogen (secondary N) is 2. The Morgan fingerprint density at radius 1 is 0.619 bits per heavy atom. The molecule has 0 spiro atoms. The molecule has 3 aromatic carbocycles. The lowest BCUT2D eigenvalue weighted by Gasteiger charge is -2.21. The summed E-state index contributed by atoms with van der Waals surface area (Å²) in [5, 5.41) is 7.31. The van der Waals surface area contributed by atoms with Crippen LogP contribution in [-0.2, 0) is 9.59 Å². The number of ether oxygens (including phenoxy) is 2. The first-order chi connectivity index (χ1) is 20.4. The van der Waals surface area contributed by atoms with Crippen molar-refractivity contribution in [2.45, 2.75) is 0 Å². The van der Waals surface area contributed by atoms with E-state index in [-0.39, 0.29) is 33.1 Å². The van der Waals surface area contributed by atoms with Crippen molar-refractivity contribution in [1.29, 1.82) is 0 Å². The molecule has 2 heterocycles. The predicted octanol–water partition coefficient (Wildman–Crippen LogP) is 7.09. The molecular weight excluding hydrogens is 575 g/mol. The van der Waals surface area contributed by atoms with Crippen molar-refractivity contribution < 1.29 is 19.1 Å². The number of rotatable bonds is 4. The van der Waals surface area contributed by atoms with E-state index < -0.39 is 0 Å². The molecule has 0 fully saturated rings. The van der Waals surface area contributed by atoms with Gasteiger partial charge in [0.15, 0.2) is 34.6 Å². The van der Waals surface area contributed by atoms with Gasteiger partial charge in [0, 0.05) is 47.1 Å². The first kappa shape index (κ1) is 25.8. The van der Waals surface area contributed by atoms with Crippen LogP contribution in [0.4, 0.5) is 22.7 Å². The minimum atomic E-state index is -0.0854. The van der Waals surface area contributed by atoms with Gasteiger partial charge in [-0.1, -0.05) is 47.5 Å². The zero-order valence-electron chi connectivity index (χ0n) is 21.5. The van der Waals surface area contributed by atoms with Crippen molar-refractivity contribution in [3.8, 4) is 23.0 Å². The van der Waals surface area contributed by atoms with Crippen LogP contribution in [0.25, 0.3) is 0 Å². The van der Waals surface area contributed by atoms with Gasteiger partial charge < -0.3 is 20.1 Å². The van der Waals surface area contributed by atoms with Gasteiger partial charge in [-0.2, -0.15) is 0 Å². The molecule has 3 aromatic rings. The number of hydrogen-bond donors (Lipinski definition) is 2. The van der Waals surface area contributed by atoms with Crippen LogP contribution >= 0.6 is 23.2 Å². The third kappa shape index (κ3) is 4.62. The minimum Gasteiger partial charge on any atom is -0.451 e. The minimum absolute atomic E-state index is 0.0854. The van der Waals surface area contributed by atoms with E-state index in [0.29, 0.717) is 56.1 Å². The molecule has 0 saturated carbocycles. The highest BCUT2D eigenvalue weighted by Crippen LogP contribution is 2.43. The maximum absolute atomic E-state index is 12.0. The molecule has 2 N–H and O–H groups in total. The molecule has 0 aromatic heterocycles. The Hall–Kier alpha value is -5.18. The topological polar surface area (TPSA) is 101 Å². The summed E-state index contributed by atoms with van der Waals surface area (Å²) >= 11 is 13.6. The van der Waals surface area contributed by atoms with Crippen LogP contribution in [0.1, 0.15) is 0 Å². The number of allylic oxidation sites excluding steroid dienone is 10. The van der Waals surface area contributed by atoms with Crippen LogP contribution in [-0.4, -0.2) is 11.6 Å². The molecule has 7 rings (SSSR count). The fourth-order valence-corrected chi connectivity index (χ4v) is 5.06. The van der Waals surface area contributed by atoms with E-state index in [1.807, 2.05) is 12.1 Å². The third-order valence-corrected chi connectivity index (χ3v) is 7.38. The highest BCUT2D eigenvalue weighted by molar-refractivity contribution is 6.35. The van der Waals surface area contributed by atoms with Gasteiger partial charge in [0.25, 0.3) is 0 Å². The Kier molecular flexibility index (Phi) is 6.34. The number of ketones is 2. The van der Waals surface area contributed by atoms with Crippen LogP contribution in [0.15, 0.2) is 119 Å². The molecular formula is C32H18Cl2N4O4. The molecule has 4 aliphatic rings.